The zero-order valence-electron chi connectivity index (χ0n) is 5.96. The maximum atomic E-state index is 10.7. The van der Waals surface area contributed by atoms with E-state index in [1.807, 2.05) is 0 Å². The summed E-state index contributed by atoms with van der Waals surface area (Å²) < 4.78 is 28.3. The van der Waals surface area contributed by atoms with E-state index in [4.69, 9.17) is 0 Å². The number of methoxy groups -OCH3 is 1. The van der Waals surface area contributed by atoms with E-state index in [2.05, 4.69) is 9.46 Å². The van der Waals surface area contributed by atoms with Crippen molar-refractivity contribution >= 4 is 19.8 Å². The van der Waals surface area contributed by atoms with Gasteiger partial charge in [0.25, 0.3) is 9.06 Å². The van der Waals surface area contributed by atoms with Crippen LogP contribution in [-0.2, 0) is 13.8 Å². The van der Waals surface area contributed by atoms with Gasteiger partial charge in [-0.25, -0.2) is 13.1 Å². The lowest BCUT2D eigenvalue weighted by molar-refractivity contribution is 0.204. The van der Waals surface area contributed by atoms with Gasteiger partial charge in [-0.3, -0.25) is 0 Å². The molecule has 62 valence electrons. The fourth-order valence-electron chi connectivity index (χ4n) is 0.328. The quantitative estimate of drug-likeness (QED) is 0.477. The number of hydrogen-bond donors (Lipinski definition) is 1. The van der Waals surface area contributed by atoms with Gasteiger partial charge in [0.1, 0.15) is 0 Å². The molecule has 0 saturated carbocycles. The van der Waals surface area contributed by atoms with Crippen LogP contribution in [0, 0.1) is 0 Å². The average Bonchev–Trinajstić information content (AvgIpc) is 1.89. The maximum absolute atomic E-state index is 10.7. The second kappa shape index (κ2) is 4.95. The fraction of sp³-hybridized carbons (Fsp3) is 1.00. The molecule has 0 aliphatic rings. The Labute approximate surface area is 64.8 Å². The van der Waals surface area contributed by atoms with Crippen molar-refractivity contribution in [2.45, 2.75) is 0 Å². The minimum absolute atomic E-state index is 0.333. The smallest absolute Gasteiger partial charge is 0.264 e. The summed E-state index contributed by atoms with van der Waals surface area (Å²) in [5.41, 5.74) is 0. The topological polar surface area (TPSA) is 55.4 Å². The van der Waals surface area contributed by atoms with E-state index in [1.165, 1.54) is 13.4 Å². The Morgan fingerprint density at radius 1 is 1.60 bits per heavy atom. The second-order valence-electron chi connectivity index (χ2n) is 1.51. The van der Waals surface area contributed by atoms with E-state index in [0.717, 1.165) is 10.8 Å². The number of ether oxygens (including phenoxy) is 1. The summed E-state index contributed by atoms with van der Waals surface area (Å²) in [4.78, 5) is 0. The molecule has 0 aromatic heterocycles. The highest BCUT2D eigenvalue weighted by Gasteiger charge is 2.04. The summed E-state index contributed by atoms with van der Waals surface area (Å²) in [6, 6.07) is 0. The third-order valence-corrected chi connectivity index (χ3v) is 3.47. The normalized spacial score (nSPS) is 11.8. The molecule has 0 bridgehead atoms. The highest BCUT2D eigenvalue weighted by Crippen LogP contribution is 2.01. The molecule has 0 heterocycles. The van der Waals surface area contributed by atoms with Gasteiger partial charge in [0.05, 0.1) is 6.61 Å². The first kappa shape index (κ1) is 10.2. The minimum atomic E-state index is -3.11. The molecule has 0 aliphatic carbocycles. The molecule has 10 heavy (non-hydrogen) atoms. The molecule has 0 aliphatic heterocycles. The lowest BCUT2D eigenvalue weighted by Gasteiger charge is -2.00. The highest BCUT2D eigenvalue weighted by atomic mass is 33.1. The summed E-state index contributed by atoms with van der Waals surface area (Å²) in [6.45, 7) is 0.736. The van der Waals surface area contributed by atoms with Crippen molar-refractivity contribution in [1.82, 2.24) is 4.72 Å². The summed E-state index contributed by atoms with van der Waals surface area (Å²) >= 11 is 0. The zero-order valence-corrected chi connectivity index (χ0v) is 7.59. The first-order valence-electron chi connectivity index (χ1n) is 2.66. The molecule has 4 nitrogen and oxygen atoms in total. The Morgan fingerprint density at radius 3 is 2.60 bits per heavy atom. The predicted octanol–water partition coefficient (Wildman–Crippen LogP) is -0.170. The van der Waals surface area contributed by atoms with Crippen LogP contribution in [0.1, 0.15) is 0 Å². The van der Waals surface area contributed by atoms with Gasteiger partial charge in [0.15, 0.2) is 0 Å². The van der Waals surface area contributed by atoms with Gasteiger partial charge in [-0.2, -0.15) is 0 Å². The van der Waals surface area contributed by atoms with Crippen LogP contribution in [0.4, 0.5) is 0 Å². The van der Waals surface area contributed by atoms with Crippen LogP contribution >= 0.6 is 10.8 Å². The Morgan fingerprint density at radius 2 is 2.20 bits per heavy atom. The van der Waals surface area contributed by atoms with E-state index in [-0.39, 0.29) is 0 Å². The summed E-state index contributed by atoms with van der Waals surface area (Å²) in [5, 5.41) is 0. The summed E-state index contributed by atoms with van der Waals surface area (Å²) in [6.07, 6.45) is 1.51. The monoisotopic (exact) mass is 185 g/mol. The van der Waals surface area contributed by atoms with Crippen LogP contribution in [0.2, 0.25) is 0 Å². The number of hydrogen-bond acceptors (Lipinski definition) is 4. The van der Waals surface area contributed by atoms with Crippen molar-refractivity contribution in [3.05, 3.63) is 0 Å². The van der Waals surface area contributed by atoms with E-state index in [0.29, 0.717) is 13.2 Å². The first-order chi connectivity index (χ1) is 4.62. The molecule has 0 saturated heterocycles. The molecular weight excluding hydrogens is 174 g/mol. The van der Waals surface area contributed by atoms with Gasteiger partial charge in [0, 0.05) is 13.7 Å². The molecule has 0 unspecified atom stereocenters. The molecule has 0 amide bonds. The van der Waals surface area contributed by atoms with Crippen LogP contribution in [-0.4, -0.2) is 34.9 Å². The van der Waals surface area contributed by atoms with Gasteiger partial charge >= 0.3 is 0 Å². The fourth-order valence-corrected chi connectivity index (χ4v) is 1.38. The van der Waals surface area contributed by atoms with Gasteiger partial charge in [-0.15, -0.1) is 0 Å². The van der Waals surface area contributed by atoms with E-state index in [9.17, 15) is 8.42 Å². The predicted molar refractivity (Wildman–Crippen MR) is 42.3 cm³/mol. The average molecular weight is 185 g/mol. The van der Waals surface area contributed by atoms with E-state index >= 15 is 0 Å². The Kier molecular flexibility index (Phi) is 5.06. The van der Waals surface area contributed by atoms with Gasteiger partial charge in [-0.1, -0.05) is 0 Å². The number of nitrogens with one attached hydrogen (secondary N) is 1. The Hall–Kier alpha value is 0.220. The SMILES string of the molecule is COCCNS(=O)(=O)SC. The molecule has 0 atom stereocenters. The van der Waals surface area contributed by atoms with Gasteiger partial charge < -0.3 is 4.74 Å². The molecule has 1 N–H and O–H groups in total. The van der Waals surface area contributed by atoms with Crippen LogP contribution in [0.3, 0.4) is 0 Å². The van der Waals surface area contributed by atoms with Crippen molar-refractivity contribution in [1.29, 1.82) is 0 Å². The van der Waals surface area contributed by atoms with Crippen molar-refractivity contribution in [2.75, 3.05) is 26.5 Å². The lowest BCUT2D eigenvalue weighted by atomic mass is 10.7. The number of rotatable bonds is 5. The molecule has 0 radical (unpaired) electrons. The molecule has 0 spiro atoms. The third-order valence-electron chi connectivity index (χ3n) is 0.804. The molecule has 0 aromatic carbocycles. The Balaban J connectivity index is 3.49. The third kappa shape index (κ3) is 5.04. The second-order valence-corrected chi connectivity index (χ2v) is 5.35. The van der Waals surface area contributed by atoms with Crippen molar-refractivity contribution in [2.24, 2.45) is 0 Å². The first-order valence-corrected chi connectivity index (χ1v) is 5.89. The van der Waals surface area contributed by atoms with Gasteiger partial charge in [-0.05, 0) is 17.0 Å². The minimum Gasteiger partial charge on any atom is -0.383 e. The van der Waals surface area contributed by atoms with E-state index < -0.39 is 9.06 Å². The summed E-state index contributed by atoms with van der Waals surface area (Å²) in [5.74, 6) is 0. The van der Waals surface area contributed by atoms with E-state index in [1.54, 1.807) is 0 Å². The zero-order chi connectivity index (χ0) is 8.04. The lowest BCUT2D eigenvalue weighted by Crippen LogP contribution is -2.23. The van der Waals surface area contributed by atoms with Gasteiger partial charge in [0.2, 0.25) is 0 Å². The van der Waals surface area contributed by atoms with Crippen molar-refractivity contribution in [3.8, 4) is 0 Å². The van der Waals surface area contributed by atoms with Crippen molar-refractivity contribution in [3.63, 3.8) is 0 Å². The molecule has 0 rings (SSSR count). The molecule has 0 fully saturated rings. The largest absolute Gasteiger partial charge is 0.383 e. The van der Waals surface area contributed by atoms with Crippen molar-refractivity contribution < 1.29 is 13.2 Å². The van der Waals surface area contributed by atoms with Crippen LogP contribution in [0.5, 0.6) is 0 Å². The molecule has 6 heteroatoms. The Bertz CT molecular complexity index is 165. The van der Waals surface area contributed by atoms with Crippen LogP contribution in [0.15, 0.2) is 0 Å². The standard InChI is InChI=1S/C4H11NO3S2/c1-8-4-3-5-10(6,7)9-2/h5H,3-4H2,1-2H3. The summed E-state index contributed by atoms with van der Waals surface area (Å²) in [7, 11) is -0.801. The maximum Gasteiger partial charge on any atom is 0.264 e. The molecular formula is C4H11NO3S2. The van der Waals surface area contributed by atoms with Crippen LogP contribution in [0.25, 0.3) is 0 Å². The highest BCUT2D eigenvalue weighted by molar-refractivity contribution is 8.71. The van der Waals surface area contributed by atoms with Crippen LogP contribution < -0.4 is 4.72 Å². The molecule has 0 aromatic rings.